The number of rotatable bonds is 3. The molecule has 0 bridgehead atoms. The predicted molar refractivity (Wildman–Crippen MR) is 57.9 cm³/mol. The number of thiol groups is 1. The van der Waals surface area contributed by atoms with Gasteiger partial charge in [-0.3, -0.25) is 4.68 Å². The predicted octanol–water partition coefficient (Wildman–Crippen LogP) is 2.58. The third kappa shape index (κ3) is 2.04. The third-order valence-electron chi connectivity index (χ3n) is 1.82. The van der Waals surface area contributed by atoms with Crippen LogP contribution < -0.4 is 0 Å². The topological polar surface area (TPSA) is 17.8 Å². The Balaban J connectivity index is 2.79. The highest BCUT2D eigenvalue weighted by Crippen LogP contribution is 2.19. The van der Waals surface area contributed by atoms with Gasteiger partial charge in [0.2, 0.25) is 0 Å². The lowest BCUT2D eigenvalue weighted by atomic mass is 10.4. The summed E-state index contributed by atoms with van der Waals surface area (Å²) in [4.78, 5) is 0. The molecule has 0 spiro atoms. The fourth-order valence-electron chi connectivity index (χ4n) is 1.11. The second kappa shape index (κ2) is 4.33. The van der Waals surface area contributed by atoms with E-state index in [1.807, 2.05) is 11.6 Å². The highest BCUT2D eigenvalue weighted by atomic mass is 79.9. The van der Waals surface area contributed by atoms with E-state index in [9.17, 15) is 0 Å². The third-order valence-corrected chi connectivity index (χ3v) is 3.29. The molecule has 0 amide bonds. The minimum Gasteiger partial charge on any atom is -0.268 e. The second-order valence-electron chi connectivity index (χ2n) is 2.79. The number of aromatic nitrogens is 2. The van der Waals surface area contributed by atoms with Crippen molar-refractivity contribution in [2.45, 2.75) is 26.8 Å². The van der Waals surface area contributed by atoms with Crippen LogP contribution in [0.1, 0.15) is 17.8 Å². The minimum atomic E-state index is 0.913. The van der Waals surface area contributed by atoms with Gasteiger partial charge in [-0.1, -0.05) is 0 Å². The van der Waals surface area contributed by atoms with E-state index in [0.29, 0.717) is 0 Å². The summed E-state index contributed by atoms with van der Waals surface area (Å²) in [5, 5.41) is 4.38. The Labute approximate surface area is 86.9 Å². The van der Waals surface area contributed by atoms with Gasteiger partial charge in [-0.05, 0) is 42.0 Å². The van der Waals surface area contributed by atoms with Gasteiger partial charge in [-0.2, -0.15) is 17.7 Å². The monoisotopic (exact) mass is 248 g/mol. The Morgan fingerprint density at radius 3 is 2.58 bits per heavy atom. The molecule has 0 atom stereocenters. The average Bonchev–Trinajstić information content (AvgIpc) is 2.30. The lowest BCUT2D eigenvalue weighted by Crippen LogP contribution is -2.02. The Morgan fingerprint density at radius 2 is 2.17 bits per heavy atom. The Kier molecular flexibility index (Phi) is 3.65. The second-order valence-corrected chi connectivity index (χ2v) is 4.03. The van der Waals surface area contributed by atoms with Crippen molar-refractivity contribution in [1.29, 1.82) is 0 Å². The highest BCUT2D eigenvalue weighted by molar-refractivity contribution is 9.10. The zero-order chi connectivity index (χ0) is 9.14. The number of aryl methyl sites for hydroxylation is 2. The van der Waals surface area contributed by atoms with Crippen molar-refractivity contribution in [2.24, 2.45) is 0 Å². The van der Waals surface area contributed by atoms with E-state index in [2.05, 4.69) is 40.6 Å². The zero-order valence-corrected chi connectivity index (χ0v) is 9.82. The van der Waals surface area contributed by atoms with E-state index in [0.717, 1.165) is 28.9 Å². The molecule has 0 saturated heterocycles. The maximum atomic E-state index is 4.38. The van der Waals surface area contributed by atoms with Gasteiger partial charge >= 0.3 is 0 Å². The maximum absolute atomic E-state index is 4.38. The molecule has 1 aromatic rings. The Bertz CT molecular complexity index is 270. The van der Waals surface area contributed by atoms with Crippen molar-refractivity contribution in [3.05, 3.63) is 15.9 Å². The van der Waals surface area contributed by atoms with E-state index in [1.165, 1.54) is 5.69 Å². The first-order valence-corrected chi connectivity index (χ1v) is 5.39. The molecule has 0 aliphatic carbocycles. The minimum absolute atomic E-state index is 0.913. The fraction of sp³-hybridized carbons (Fsp3) is 0.625. The quantitative estimate of drug-likeness (QED) is 0.815. The van der Waals surface area contributed by atoms with E-state index >= 15 is 0 Å². The number of hydrogen-bond acceptors (Lipinski definition) is 2. The summed E-state index contributed by atoms with van der Waals surface area (Å²) in [7, 11) is 0. The fourth-order valence-corrected chi connectivity index (χ4v) is 1.54. The molecule has 0 N–H and O–H groups in total. The molecule has 1 heterocycles. The Hall–Kier alpha value is 0.0400. The van der Waals surface area contributed by atoms with Gasteiger partial charge in [0.15, 0.2) is 0 Å². The molecule has 0 saturated carbocycles. The summed E-state index contributed by atoms with van der Waals surface area (Å²) in [6.07, 6.45) is 1.07. The van der Waals surface area contributed by atoms with Crippen molar-refractivity contribution in [3.8, 4) is 0 Å². The van der Waals surface area contributed by atoms with E-state index in [1.54, 1.807) is 0 Å². The van der Waals surface area contributed by atoms with E-state index in [-0.39, 0.29) is 0 Å². The summed E-state index contributed by atoms with van der Waals surface area (Å²) < 4.78 is 3.15. The van der Waals surface area contributed by atoms with Crippen LogP contribution in [0.5, 0.6) is 0 Å². The van der Waals surface area contributed by atoms with E-state index < -0.39 is 0 Å². The number of halogens is 1. The molecular weight excluding hydrogens is 236 g/mol. The molecule has 68 valence electrons. The molecule has 2 nitrogen and oxygen atoms in total. The summed E-state index contributed by atoms with van der Waals surface area (Å²) >= 11 is 7.65. The van der Waals surface area contributed by atoms with Gasteiger partial charge in [-0.15, -0.1) is 0 Å². The maximum Gasteiger partial charge on any atom is 0.0738 e. The van der Waals surface area contributed by atoms with Crippen molar-refractivity contribution >= 4 is 28.6 Å². The molecule has 0 aromatic carbocycles. The molecule has 1 aromatic heterocycles. The number of nitrogens with zero attached hydrogens (tertiary/aromatic N) is 2. The summed E-state index contributed by atoms with van der Waals surface area (Å²) in [6, 6.07) is 0. The van der Waals surface area contributed by atoms with Crippen LogP contribution in [-0.4, -0.2) is 15.5 Å². The van der Waals surface area contributed by atoms with Crippen molar-refractivity contribution in [3.63, 3.8) is 0 Å². The molecule has 1 rings (SSSR count). The molecule has 12 heavy (non-hydrogen) atoms. The highest BCUT2D eigenvalue weighted by Gasteiger charge is 2.06. The van der Waals surface area contributed by atoms with Crippen LogP contribution >= 0.6 is 28.6 Å². The van der Waals surface area contributed by atoms with Crippen LogP contribution in [0.25, 0.3) is 0 Å². The van der Waals surface area contributed by atoms with Crippen LogP contribution in [0.3, 0.4) is 0 Å². The summed E-state index contributed by atoms with van der Waals surface area (Å²) in [6.45, 7) is 5.04. The van der Waals surface area contributed by atoms with Gasteiger partial charge < -0.3 is 0 Å². The SMILES string of the molecule is Cc1nn(CCCS)c(C)c1Br. The first kappa shape index (κ1) is 10.1. The molecule has 0 aliphatic heterocycles. The first-order valence-electron chi connectivity index (χ1n) is 3.97. The molecule has 0 fully saturated rings. The number of hydrogen-bond donors (Lipinski definition) is 1. The first-order chi connectivity index (χ1) is 5.66. The lowest BCUT2D eigenvalue weighted by Gasteiger charge is -2.01. The van der Waals surface area contributed by atoms with Gasteiger partial charge in [0.25, 0.3) is 0 Å². The van der Waals surface area contributed by atoms with Crippen LogP contribution in [0.2, 0.25) is 0 Å². The van der Waals surface area contributed by atoms with Crippen molar-refractivity contribution < 1.29 is 0 Å². The molecular formula is C8H13BrN2S. The van der Waals surface area contributed by atoms with Gasteiger partial charge in [0, 0.05) is 12.2 Å². The summed E-state index contributed by atoms with van der Waals surface area (Å²) in [5.74, 6) is 0.913. The summed E-state index contributed by atoms with van der Waals surface area (Å²) in [5.41, 5.74) is 2.26. The van der Waals surface area contributed by atoms with Crippen LogP contribution in [-0.2, 0) is 6.54 Å². The van der Waals surface area contributed by atoms with Crippen molar-refractivity contribution in [1.82, 2.24) is 9.78 Å². The van der Waals surface area contributed by atoms with Crippen LogP contribution in [0, 0.1) is 13.8 Å². The molecule has 4 heteroatoms. The van der Waals surface area contributed by atoms with Gasteiger partial charge in [-0.25, -0.2) is 0 Å². The average molecular weight is 249 g/mol. The van der Waals surface area contributed by atoms with Gasteiger partial charge in [0.05, 0.1) is 10.2 Å². The standard InChI is InChI=1S/C8H13BrN2S/c1-6-8(9)7(2)11(10-6)4-3-5-12/h12H,3-5H2,1-2H3. The smallest absolute Gasteiger partial charge is 0.0738 e. The van der Waals surface area contributed by atoms with Crippen LogP contribution in [0.4, 0.5) is 0 Å². The molecule has 0 radical (unpaired) electrons. The van der Waals surface area contributed by atoms with Crippen LogP contribution in [0.15, 0.2) is 4.47 Å². The normalized spacial score (nSPS) is 10.7. The molecule has 0 unspecified atom stereocenters. The van der Waals surface area contributed by atoms with E-state index in [4.69, 9.17) is 0 Å². The Morgan fingerprint density at radius 1 is 1.50 bits per heavy atom. The lowest BCUT2D eigenvalue weighted by molar-refractivity contribution is 0.586. The largest absolute Gasteiger partial charge is 0.268 e. The zero-order valence-electron chi connectivity index (χ0n) is 7.34. The van der Waals surface area contributed by atoms with Crippen molar-refractivity contribution in [2.75, 3.05) is 5.75 Å². The van der Waals surface area contributed by atoms with Gasteiger partial charge in [0.1, 0.15) is 0 Å². The molecule has 0 aliphatic rings.